The summed E-state index contributed by atoms with van der Waals surface area (Å²) in [5.74, 6) is 6.47. The Hall–Kier alpha value is -1.35. The van der Waals surface area contributed by atoms with Crippen molar-refractivity contribution in [2.75, 3.05) is 40.3 Å². The summed E-state index contributed by atoms with van der Waals surface area (Å²) >= 11 is 1.44. The molecule has 0 bridgehead atoms. The van der Waals surface area contributed by atoms with Gasteiger partial charge >= 0.3 is 0 Å². The van der Waals surface area contributed by atoms with Gasteiger partial charge in [0, 0.05) is 32.1 Å². The molecule has 1 amide bonds. The molecular weight excluding hydrogens is 284 g/mol. The van der Waals surface area contributed by atoms with Crippen LogP contribution in [0.15, 0.2) is 11.4 Å². The minimum absolute atomic E-state index is 0.0489. The number of hydrogen-bond acceptors (Lipinski definition) is 4. The maximum atomic E-state index is 12.5. The summed E-state index contributed by atoms with van der Waals surface area (Å²) in [6.07, 6.45) is 1.59. The Kier molecular flexibility index (Phi) is 5.80. The van der Waals surface area contributed by atoms with Crippen molar-refractivity contribution >= 4 is 17.2 Å². The Balaban J connectivity index is 1.99. The third kappa shape index (κ3) is 4.31. The summed E-state index contributed by atoms with van der Waals surface area (Å²) in [6.45, 7) is 3.02. The Morgan fingerprint density at radius 2 is 2.43 bits per heavy atom. The minimum Gasteiger partial charge on any atom is -0.395 e. The van der Waals surface area contributed by atoms with Crippen molar-refractivity contribution in [1.29, 1.82) is 0 Å². The molecule has 0 aliphatic carbocycles. The highest BCUT2D eigenvalue weighted by atomic mass is 32.1. The van der Waals surface area contributed by atoms with Crippen LogP contribution in [0.25, 0.3) is 0 Å². The van der Waals surface area contributed by atoms with Crippen LogP contribution in [-0.4, -0.2) is 61.2 Å². The maximum absolute atomic E-state index is 12.5. The van der Waals surface area contributed by atoms with Crippen LogP contribution in [0.5, 0.6) is 0 Å². The summed E-state index contributed by atoms with van der Waals surface area (Å²) in [5, 5.41) is 10.7. The van der Waals surface area contributed by atoms with Crippen molar-refractivity contribution in [3.05, 3.63) is 21.9 Å². The molecule has 1 aliphatic rings. The number of rotatable bonds is 4. The van der Waals surface area contributed by atoms with Gasteiger partial charge in [-0.15, -0.1) is 11.3 Å². The van der Waals surface area contributed by atoms with Gasteiger partial charge in [-0.25, -0.2) is 0 Å². The van der Waals surface area contributed by atoms with Crippen LogP contribution in [0.2, 0.25) is 0 Å². The molecule has 0 radical (unpaired) electrons. The minimum atomic E-state index is 0.0489. The van der Waals surface area contributed by atoms with Gasteiger partial charge in [0.2, 0.25) is 0 Å². The zero-order valence-electron chi connectivity index (χ0n) is 12.6. The molecule has 1 saturated heterocycles. The lowest BCUT2D eigenvalue weighted by atomic mass is 10.1. The third-order valence-electron chi connectivity index (χ3n) is 3.69. The number of amides is 1. The lowest BCUT2D eigenvalue weighted by Crippen LogP contribution is -2.32. The van der Waals surface area contributed by atoms with Crippen LogP contribution >= 0.6 is 11.3 Å². The normalized spacial score (nSPS) is 18.3. The van der Waals surface area contributed by atoms with E-state index in [1.54, 1.807) is 0 Å². The van der Waals surface area contributed by atoms with Crippen molar-refractivity contribution in [1.82, 2.24) is 9.80 Å². The van der Waals surface area contributed by atoms with Crippen LogP contribution in [0, 0.1) is 17.8 Å². The molecule has 1 aliphatic heterocycles. The molecule has 1 N–H and O–H groups in total. The van der Waals surface area contributed by atoms with E-state index in [2.05, 4.69) is 23.8 Å². The molecule has 2 heterocycles. The second-order valence-corrected chi connectivity index (χ2v) is 6.46. The number of hydrogen-bond donors (Lipinski definition) is 1. The quantitative estimate of drug-likeness (QED) is 0.858. The number of nitrogens with zero attached hydrogens (tertiary/aromatic N) is 2. The summed E-state index contributed by atoms with van der Waals surface area (Å²) in [5.41, 5.74) is 0.772. The van der Waals surface area contributed by atoms with Gasteiger partial charge in [-0.05, 0) is 37.4 Å². The van der Waals surface area contributed by atoms with Gasteiger partial charge in [-0.3, -0.25) is 4.79 Å². The first kappa shape index (κ1) is 16.0. The predicted molar refractivity (Wildman–Crippen MR) is 85.5 cm³/mol. The van der Waals surface area contributed by atoms with Gasteiger partial charge in [0.05, 0.1) is 6.61 Å². The molecule has 1 aromatic heterocycles. The molecule has 114 valence electrons. The van der Waals surface area contributed by atoms with Gasteiger partial charge in [-0.2, -0.15) is 0 Å². The highest BCUT2D eigenvalue weighted by Gasteiger charge is 2.24. The van der Waals surface area contributed by atoms with Crippen LogP contribution < -0.4 is 0 Å². The molecule has 0 saturated carbocycles. The first-order valence-electron chi connectivity index (χ1n) is 7.23. The molecule has 1 atom stereocenters. The standard InChI is InChI=1S/C16H22N2O2S/c1-17-8-6-13(11-17)12-18(2)16(20)15-14(7-10-21-15)5-3-4-9-19/h7,10,13,19H,4,6,8-9,11-12H2,1-2H3. The first-order valence-corrected chi connectivity index (χ1v) is 8.11. The van der Waals surface area contributed by atoms with Crippen LogP contribution in [0.4, 0.5) is 0 Å². The Labute approximate surface area is 130 Å². The van der Waals surface area contributed by atoms with Crippen LogP contribution in [-0.2, 0) is 0 Å². The van der Waals surface area contributed by atoms with E-state index in [1.165, 1.54) is 11.3 Å². The Bertz CT molecular complexity index is 544. The third-order valence-corrected chi connectivity index (χ3v) is 4.59. The molecule has 1 aromatic rings. The second-order valence-electron chi connectivity index (χ2n) is 5.54. The van der Waals surface area contributed by atoms with E-state index in [0.29, 0.717) is 17.2 Å². The van der Waals surface area contributed by atoms with Crippen molar-refractivity contribution < 1.29 is 9.90 Å². The SMILES string of the molecule is CN1CCC(CN(C)C(=O)c2sccc2C#CCCO)C1. The topological polar surface area (TPSA) is 43.8 Å². The molecule has 0 spiro atoms. The number of aliphatic hydroxyl groups is 1. The molecular formula is C16H22N2O2S. The van der Waals surface area contributed by atoms with Crippen LogP contribution in [0.1, 0.15) is 28.1 Å². The number of carbonyl (C=O) groups excluding carboxylic acids is 1. The van der Waals surface area contributed by atoms with E-state index in [4.69, 9.17) is 5.11 Å². The summed E-state index contributed by atoms with van der Waals surface area (Å²) in [6, 6.07) is 1.87. The van der Waals surface area contributed by atoms with Crippen molar-refractivity contribution in [3.8, 4) is 11.8 Å². The predicted octanol–water partition coefficient (Wildman–Crippen LogP) is 1.51. The molecule has 5 heteroatoms. The molecule has 4 nitrogen and oxygen atoms in total. The largest absolute Gasteiger partial charge is 0.395 e. The zero-order valence-corrected chi connectivity index (χ0v) is 13.4. The van der Waals surface area contributed by atoms with Crippen molar-refractivity contribution in [2.45, 2.75) is 12.8 Å². The van der Waals surface area contributed by atoms with Crippen molar-refractivity contribution in [2.24, 2.45) is 5.92 Å². The molecule has 0 aromatic carbocycles. The molecule has 21 heavy (non-hydrogen) atoms. The summed E-state index contributed by atoms with van der Waals surface area (Å²) in [7, 11) is 3.99. The maximum Gasteiger partial charge on any atom is 0.264 e. The van der Waals surface area contributed by atoms with E-state index in [0.717, 1.165) is 31.6 Å². The number of aliphatic hydroxyl groups excluding tert-OH is 1. The average Bonchev–Trinajstić information content (AvgIpc) is 3.07. The van der Waals surface area contributed by atoms with Gasteiger partial charge in [0.25, 0.3) is 5.91 Å². The fourth-order valence-corrected chi connectivity index (χ4v) is 3.45. The van der Waals surface area contributed by atoms with Crippen LogP contribution in [0.3, 0.4) is 0 Å². The van der Waals surface area contributed by atoms with E-state index in [1.807, 2.05) is 23.4 Å². The Morgan fingerprint density at radius 1 is 1.62 bits per heavy atom. The van der Waals surface area contributed by atoms with Gasteiger partial charge in [0.15, 0.2) is 0 Å². The summed E-state index contributed by atoms with van der Waals surface area (Å²) in [4.78, 5) is 17.4. The first-order chi connectivity index (χ1) is 10.1. The number of likely N-dealkylation sites (tertiary alicyclic amines) is 1. The van der Waals surface area contributed by atoms with E-state index in [9.17, 15) is 4.79 Å². The van der Waals surface area contributed by atoms with Gasteiger partial charge in [0.1, 0.15) is 4.88 Å². The van der Waals surface area contributed by atoms with Crippen molar-refractivity contribution in [3.63, 3.8) is 0 Å². The molecule has 1 unspecified atom stereocenters. The Morgan fingerprint density at radius 3 is 3.10 bits per heavy atom. The number of carbonyl (C=O) groups is 1. The average molecular weight is 306 g/mol. The van der Waals surface area contributed by atoms with E-state index >= 15 is 0 Å². The monoisotopic (exact) mass is 306 g/mol. The highest BCUT2D eigenvalue weighted by molar-refractivity contribution is 7.12. The molecule has 1 fully saturated rings. The molecule has 2 rings (SSSR count). The second kappa shape index (κ2) is 7.60. The zero-order chi connectivity index (χ0) is 15.2. The highest BCUT2D eigenvalue weighted by Crippen LogP contribution is 2.20. The lowest BCUT2D eigenvalue weighted by molar-refractivity contribution is 0.0778. The van der Waals surface area contributed by atoms with E-state index < -0.39 is 0 Å². The fraction of sp³-hybridized carbons (Fsp3) is 0.562. The summed E-state index contributed by atoms with van der Waals surface area (Å²) < 4.78 is 0. The van der Waals surface area contributed by atoms with Gasteiger partial charge < -0.3 is 14.9 Å². The number of thiophene rings is 1. The van der Waals surface area contributed by atoms with E-state index in [-0.39, 0.29) is 12.5 Å². The fourth-order valence-electron chi connectivity index (χ4n) is 2.61. The van der Waals surface area contributed by atoms with Gasteiger partial charge in [-0.1, -0.05) is 11.8 Å². The smallest absolute Gasteiger partial charge is 0.264 e. The lowest BCUT2D eigenvalue weighted by Gasteiger charge is -2.20.